The highest BCUT2D eigenvalue weighted by Crippen LogP contribution is 2.37. The first-order valence-corrected chi connectivity index (χ1v) is 6.53. The quantitative estimate of drug-likeness (QED) is 0.863. The highest BCUT2D eigenvalue weighted by molar-refractivity contribution is 8.01. The molecule has 1 aromatic carbocycles. The summed E-state index contributed by atoms with van der Waals surface area (Å²) >= 11 is 1.61. The van der Waals surface area contributed by atoms with E-state index in [2.05, 4.69) is 45.6 Å². The van der Waals surface area contributed by atoms with Crippen molar-refractivity contribution in [3.05, 3.63) is 35.7 Å². The Kier molecular flexibility index (Phi) is 2.79. The van der Waals surface area contributed by atoms with Gasteiger partial charge in [-0.25, -0.2) is 5.10 Å². The normalized spacial score (nSPS) is 17.5. The second-order valence-electron chi connectivity index (χ2n) is 4.25. The van der Waals surface area contributed by atoms with Gasteiger partial charge in [0.25, 0.3) is 0 Å². The summed E-state index contributed by atoms with van der Waals surface area (Å²) in [6.07, 6.45) is 2.13. The van der Waals surface area contributed by atoms with E-state index in [0.29, 0.717) is 5.95 Å². The van der Waals surface area contributed by atoms with Crippen molar-refractivity contribution in [2.24, 2.45) is 0 Å². The van der Waals surface area contributed by atoms with Crippen molar-refractivity contribution in [2.45, 2.75) is 23.5 Å². The molecule has 0 spiro atoms. The number of rotatable bonds is 2. The molecule has 1 unspecified atom stereocenters. The molecule has 5 nitrogen and oxygen atoms in total. The molecule has 0 saturated carbocycles. The number of H-pyrrole nitrogens is 1. The summed E-state index contributed by atoms with van der Waals surface area (Å²) in [5.41, 5.74) is 2.46. The number of hydrogen-bond donors (Lipinski definition) is 2. The van der Waals surface area contributed by atoms with Gasteiger partial charge in [-0.05, 0) is 25.0 Å². The van der Waals surface area contributed by atoms with Crippen molar-refractivity contribution < 1.29 is 4.79 Å². The van der Waals surface area contributed by atoms with E-state index in [0.717, 1.165) is 6.42 Å². The van der Waals surface area contributed by atoms with Crippen LogP contribution in [0.5, 0.6) is 0 Å². The Hall–Kier alpha value is -1.82. The maximum absolute atomic E-state index is 12.0. The van der Waals surface area contributed by atoms with Crippen molar-refractivity contribution in [3.8, 4) is 0 Å². The number of nitrogens with one attached hydrogen (secondary N) is 2. The zero-order valence-corrected chi connectivity index (χ0v) is 10.6. The minimum Gasteiger partial charge on any atom is -0.294 e. The molecule has 0 radical (unpaired) electrons. The topological polar surface area (TPSA) is 70.7 Å². The van der Waals surface area contributed by atoms with Crippen LogP contribution in [0.4, 0.5) is 5.95 Å². The highest BCUT2D eigenvalue weighted by atomic mass is 32.2. The van der Waals surface area contributed by atoms with E-state index in [9.17, 15) is 4.79 Å². The number of carbonyl (C=O) groups is 1. The lowest BCUT2D eigenvalue weighted by atomic mass is 10.1. The maximum Gasteiger partial charge on any atom is 0.240 e. The number of hydrogen-bond acceptors (Lipinski definition) is 4. The number of nitrogens with zero attached hydrogens (tertiary/aromatic N) is 2. The fraction of sp³-hybridized carbons (Fsp3) is 0.250. The Morgan fingerprint density at radius 3 is 3.22 bits per heavy atom. The van der Waals surface area contributed by atoms with E-state index in [-0.39, 0.29) is 11.2 Å². The third-order valence-electron chi connectivity index (χ3n) is 2.85. The molecule has 2 aromatic rings. The van der Waals surface area contributed by atoms with Crippen molar-refractivity contribution in [3.63, 3.8) is 0 Å². The Balaban J connectivity index is 1.72. The van der Waals surface area contributed by atoms with Gasteiger partial charge in [-0.15, -0.1) is 11.8 Å². The first-order chi connectivity index (χ1) is 8.72. The van der Waals surface area contributed by atoms with E-state index < -0.39 is 0 Å². The Morgan fingerprint density at radius 1 is 1.56 bits per heavy atom. The SMILES string of the molecule is Cc1ccc2c(c1)SC(C(=O)Nc1ncn[nH]1)C2. The average molecular weight is 260 g/mol. The van der Waals surface area contributed by atoms with E-state index >= 15 is 0 Å². The van der Waals surface area contributed by atoms with Gasteiger partial charge in [0.15, 0.2) is 0 Å². The number of thioether (sulfide) groups is 1. The van der Waals surface area contributed by atoms with Crippen LogP contribution < -0.4 is 5.32 Å². The average Bonchev–Trinajstić information content (AvgIpc) is 2.96. The molecule has 1 amide bonds. The maximum atomic E-state index is 12.0. The fourth-order valence-electron chi connectivity index (χ4n) is 1.94. The lowest BCUT2D eigenvalue weighted by molar-refractivity contribution is -0.115. The summed E-state index contributed by atoms with van der Waals surface area (Å²) < 4.78 is 0. The summed E-state index contributed by atoms with van der Waals surface area (Å²) in [6, 6.07) is 6.30. The summed E-state index contributed by atoms with van der Waals surface area (Å²) in [6.45, 7) is 2.06. The van der Waals surface area contributed by atoms with Crippen LogP contribution in [0.15, 0.2) is 29.4 Å². The van der Waals surface area contributed by atoms with Crippen molar-refractivity contribution >= 4 is 23.6 Å². The van der Waals surface area contributed by atoms with Gasteiger partial charge in [-0.1, -0.05) is 17.7 Å². The van der Waals surface area contributed by atoms with Crippen LogP contribution in [0.2, 0.25) is 0 Å². The molecular weight excluding hydrogens is 248 g/mol. The minimum atomic E-state index is -0.0908. The molecule has 2 heterocycles. The number of amides is 1. The van der Waals surface area contributed by atoms with Gasteiger partial charge in [0.05, 0.1) is 5.25 Å². The van der Waals surface area contributed by atoms with Gasteiger partial charge in [-0.2, -0.15) is 10.1 Å². The molecule has 3 rings (SSSR count). The number of fused-ring (bicyclic) bond motifs is 1. The van der Waals surface area contributed by atoms with E-state index in [1.165, 1.54) is 22.3 Å². The Labute approximate surface area is 108 Å². The lowest BCUT2D eigenvalue weighted by Gasteiger charge is -2.06. The molecule has 0 aliphatic carbocycles. The third kappa shape index (κ3) is 2.11. The first-order valence-electron chi connectivity index (χ1n) is 5.65. The van der Waals surface area contributed by atoms with Gasteiger partial charge in [0, 0.05) is 4.90 Å². The summed E-state index contributed by atoms with van der Waals surface area (Å²) in [5.74, 6) is 0.360. The van der Waals surface area contributed by atoms with Crippen LogP contribution in [0.25, 0.3) is 0 Å². The van der Waals surface area contributed by atoms with Gasteiger partial charge in [-0.3, -0.25) is 10.1 Å². The van der Waals surface area contributed by atoms with E-state index in [1.54, 1.807) is 11.8 Å². The zero-order chi connectivity index (χ0) is 12.5. The van der Waals surface area contributed by atoms with Gasteiger partial charge in [0.2, 0.25) is 11.9 Å². The monoisotopic (exact) mass is 260 g/mol. The van der Waals surface area contributed by atoms with Crippen molar-refractivity contribution in [1.29, 1.82) is 0 Å². The van der Waals surface area contributed by atoms with Crippen LogP contribution in [0.3, 0.4) is 0 Å². The number of aryl methyl sites for hydroxylation is 1. The van der Waals surface area contributed by atoms with Crippen LogP contribution in [-0.4, -0.2) is 26.3 Å². The molecule has 0 bridgehead atoms. The zero-order valence-electron chi connectivity index (χ0n) is 9.80. The number of anilines is 1. The largest absolute Gasteiger partial charge is 0.294 e. The predicted octanol–water partition coefficient (Wildman–Crippen LogP) is 1.77. The third-order valence-corrected chi connectivity index (χ3v) is 4.15. The molecule has 0 saturated heterocycles. The number of benzene rings is 1. The first kappa shape index (κ1) is 11.3. The molecule has 92 valence electrons. The van der Waals surface area contributed by atoms with Crippen molar-refractivity contribution in [2.75, 3.05) is 5.32 Å². The Morgan fingerprint density at radius 2 is 2.44 bits per heavy atom. The predicted molar refractivity (Wildman–Crippen MR) is 69.5 cm³/mol. The van der Waals surface area contributed by atoms with Crippen molar-refractivity contribution in [1.82, 2.24) is 15.2 Å². The van der Waals surface area contributed by atoms with Crippen LogP contribution in [0.1, 0.15) is 11.1 Å². The van der Waals surface area contributed by atoms with E-state index in [1.807, 2.05) is 0 Å². The molecule has 6 heteroatoms. The second-order valence-corrected chi connectivity index (χ2v) is 5.49. The van der Waals surface area contributed by atoms with Crippen LogP contribution in [-0.2, 0) is 11.2 Å². The van der Waals surface area contributed by atoms with Gasteiger partial charge < -0.3 is 0 Å². The second kappa shape index (κ2) is 4.45. The highest BCUT2D eigenvalue weighted by Gasteiger charge is 2.28. The molecule has 18 heavy (non-hydrogen) atoms. The van der Waals surface area contributed by atoms with Gasteiger partial charge in [0.1, 0.15) is 6.33 Å². The van der Waals surface area contributed by atoms with Crippen LogP contribution >= 0.6 is 11.8 Å². The number of aromatic amines is 1. The summed E-state index contributed by atoms with van der Waals surface area (Å²) in [7, 11) is 0. The molecular formula is C12H12N4OS. The van der Waals surface area contributed by atoms with E-state index in [4.69, 9.17) is 0 Å². The molecule has 1 aliphatic heterocycles. The Bertz CT molecular complexity index is 582. The van der Waals surface area contributed by atoms with Gasteiger partial charge >= 0.3 is 0 Å². The fourth-order valence-corrected chi connectivity index (χ4v) is 3.24. The molecule has 1 aromatic heterocycles. The number of aromatic nitrogens is 3. The molecule has 0 fully saturated rings. The minimum absolute atomic E-state index is 0.0365. The number of carbonyl (C=O) groups excluding carboxylic acids is 1. The standard InChI is InChI=1S/C12H12N4OS/c1-7-2-3-8-5-10(18-9(8)4-7)11(17)15-12-13-6-14-16-12/h2-4,6,10H,5H2,1H3,(H2,13,14,15,16,17). The van der Waals surface area contributed by atoms with Crippen LogP contribution in [0, 0.1) is 6.92 Å². The summed E-state index contributed by atoms with van der Waals surface area (Å²) in [4.78, 5) is 17.1. The molecule has 1 atom stereocenters. The molecule has 1 aliphatic rings. The lowest BCUT2D eigenvalue weighted by Crippen LogP contribution is -2.25. The molecule has 2 N–H and O–H groups in total. The smallest absolute Gasteiger partial charge is 0.240 e. The summed E-state index contributed by atoms with van der Waals surface area (Å²) in [5, 5.41) is 8.95.